The average molecular weight is 618 g/mol. The summed E-state index contributed by atoms with van der Waals surface area (Å²) in [5.74, 6) is -1.93. The highest BCUT2D eigenvalue weighted by Gasteiger charge is 2.27. The summed E-state index contributed by atoms with van der Waals surface area (Å²) in [4.78, 5) is 11.0. The van der Waals surface area contributed by atoms with Crippen molar-refractivity contribution in [3.8, 4) is 11.3 Å². The maximum atomic E-state index is 15.2. The Balaban J connectivity index is 0.00000226. The molecule has 5 nitrogen and oxygen atoms in total. The SMILES string of the molecule is CC.CCC(C)(C)c1cc(F)c(-c2nc(CNc3cnccc3N3CC(C)CC(NCc4ccccc4)C3)ccc2F)c(F)c1. The van der Waals surface area contributed by atoms with E-state index in [-0.39, 0.29) is 12.2 Å². The van der Waals surface area contributed by atoms with E-state index < -0.39 is 28.4 Å². The Kier molecular flexibility index (Phi) is 11.6. The number of pyridine rings is 2. The van der Waals surface area contributed by atoms with E-state index in [1.807, 2.05) is 46.8 Å². The van der Waals surface area contributed by atoms with E-state index in [9.17, 15) is 4.39 Å². The Labute approximate surface area is 266 Å². The van der Waals surface area contributed by atoms with Gasteiger partial charge in [-0.3, -0.25) is 4.98 Å². The molecule has 8 heteroatoms. The highest BCUT2D eigenvalue weighted by molar-refractivity contribution is 5.69. The molecule has 0 radical (unpaired) electrons. The van der Waals surface area contributed by atoms with Crippen molar-refractivity contribution in [2.24, 2.45) is 5.92 Å². The molecule has 0 bridgehead atoms. The molecule has 1 aliphatic rings. The molecular weight excluding hydrogens is 571 g/mol. The van der Waals surface area contributed by atoms with Crippen molar-refractivity contribution in [2.75, 3.05) is 23.3 Å². The predicted molar refractivity (Wildman–Crippen MR) is 179 cm³/mol. The second kappa shape index (κ2) is 15.4. The summed E-state index contributed by atoms with van der Waals surface area (Å²) in [6.45, 7) is 14.9. The molecule has 5 rings (SSSR count). The van der Waals surface area contributed by atoms with E-state index in [0.717, 1.165) is 37.4 Å². The molecule has 2 aromatic heterocycles. The lowest BCUT2D eigenvalue weighted by Crippen LogP contribution is -2.48. The summed E-state index contributed by atoms with van der Waals surface area (Å²) in [5, 5.41) is 7.09. The van der Waals surface area contributed by atoms with E-state index in [2.05, 4.69) is 56.7 Å². The first kappa shape index (κ1) is 34.0. The summed E-state index contributed by atoms with van der Waals surface area (Å²) < 4.78 is 45.3. The second-order valence-corrected chi connectivity index (χ2v) is 12.2. The number of halogens is 3. The molecule has 1 fully saturated rings. The van der Waals surface area contributed by atoms with Crippen LogP contribution in [0.1, 0.15) is 71.2 Å². The minimum atomic E-state index is -0.822. The summed E-state index contributed by atoms with van der Waals surface area (Å²) in [6.07, 6.45) is 5.33. The van der Waals surface area contributed by atoms with E-state index in [4.69, 9.17) is 0 Å². The lowest BCUT2D eigenvalue weighted by atomic mass is 9.81. The van der Waals surface area contributed by atoms with Crippen molar-refractivity contribution < 1.29 is 13.2 Å². The van der Waals surface area contributed by atoms with Crippen LogP contribution in [0.15, 0.2) is 73.1 Å². The van der Waals surface area contributed by atoms with Crippen LogP contribution in [0.25, 0.3) is 11.3 Å². The second-order valence-electron chi connectivity index (χ2n) is 12.2. The van der Waals surface area contributed by atoms with Gasteiger partial charge in [-0.2, -0.15) is 0 Å². The van der Waals surface area contributed by atoms with Crippen LogP contribution in [0.2, 0.25) is 0 Å². The Morgan fingerprint density at radius 3 is 2.31 bits per heavy atom. The van der Waals surface area contributed by atoms with Gasteiger partial charge in [0.15, 0.2) is 0 Å². The minimum Gasteiger partial charge on any atom is -0.376 e. The van der Waals surface area contributed by atoms with E-state index in [1.165, 1.54) is 29.8 Å². The zero-order valence-electron chi connectivity index (χ0n) is 27.3. The highest BCUT2D eigenvalue weighted by atomic mass is 19.1. The van der Waals surface area contributed by atoms with Crippen molar-refractivity contribution in [1.82, 2.24) is 15.3 Å². The van der Waals surface area contributed by atoms with E-state index in [1.54, 1.807) is 12.4 Å². The Morgan fingerprint density at radius 1 is 0.911 bits per heavy atom. The van der Waals surface area contributed by atoms with Crippen LogP contribution in [-0.4, -0.2) is 29.1 Å². The van der Waals surface area contributed by atoms with Gasteiger partial charge in [-0.25, -0.2) is 18.2 Å². The van der Waals surface area contributed by atoms with Crippen molar-refractivity contribution in [1.29, 1.82) is 0 Å². The smallest absolute Gasteiger partial charge is 0.149 e. The van der Waals surface area contributed by atoms with Crippen molar-refractivity contribution in [3.63, 3.8) is 0 Å². The van der Waals surface area contributed by atoms with Gasteiger partial charge in [0.05, 0.1) is 35.4 Å². The van der Waals surface area contributed by atoms with Gasteiger partial charge in [-0.05, 0) is 65.6 Å². The largest absolute Gasteiger partial charge is 0.376 e. The number of nitrogens with zero attached hydrogens (tertiary/aromatic N) is 3. The van der Waals surface area contributed by atoms with Crippen LogP contribution < -0.4 is 15.5 Å². The average Bonchev–Trinajstić information content (AvgIpc) is 3.05. The number of rotatable bonds is 10. The van der Waals surface area contributed by atoms with Crippen molar-refractivity contribution >= 4 is 11.4 Å². The molecular formula is C37H46F3N5. The van der Waals surface area contributed by atoms with Gasteiger partial charge in [0, 0.05) is 31.9 Å². The van der Waals surface area contributed by atoms with Gasteiger partial charge in [-0.15, -0.1) is 0 Å². The molecule has 0 amide bonds. The minimum absolute atomic E-state index is 0.231. The lowest BCUT2D eigenvalue weighted by Gasteiger charge is -2.39. The molecule has 0 saturated carbocycles. The number of aromatic nitrogens is 2. The molecule has 2 N–H and O–H groups in total. The summed E-state index contributed by atoms with van der Waals surface area (Å²) in [5.41, 5.74) is 2.87. The lowest BCUT2D eigenvalue weighted by molar-refractivity contribution is 0.350. The van der Waals surface area contributed by atoms with Crippen LogP contribution in [-0.2, 0) is 18.5 Å². The van der Waals surface area contributed by atoms with Crippen LogP contribution in [0.4, 0.5) is 24.5 Å². The highest BCUT2D eigenvalue weighted by Crippen LogP contribution is 2.34. The number of hydrogen-bond donors (Lipinski definition) is 2. The topological polar surface area (TPSA) is 53.1 Å². The van der Waals surface area contributed by atoms with Gasteiger partial charge >= 0.3 is 0 Å². The zero-order chi connectivity index (χ0) is 32.6. The van der Waals surface area contributed by atoms with Crippen LogP contribution in [0.5, 0.6) is 0 Å². The maximum Gasteiger partial charge on any atom is 0.149 e. The molecule has 240 valence electrons. The number of anilines is 2. The van der Waals surface area contributed by atoms with Crippen molar-refractivity contribution in [2.45, 2.75) is 78.9 Å². The van der Waals surface area contributed by atoms with Crippen LogP contribution in [0.3, 0.4) is 0 Å². The first-order valence-corrected chi connectivity index (χ1v) is 16.0. The molecule has 1 saturated heterocycles. The first-order valence-electron chi connectivity index (χ1n) is 16.0. The Morgan fingerprint density at radius 2 is 1.62 bits per heavy atom. The molecule has 2 atom stereocenters. The van der Waals surface area contributed by atoms with Gasteiger partial charge < -0.3 is 15.5 Å². The monoisotopic (exact) mass is 617 g/mol. The fraction of sp³-hybridized carbons (Fsp3) is 0.405. The third-order valence-electron chi connectivity index (χ3n) is 8.54. The Bertz CT molecular complexity index is 1520. The molecule has 2 aromatic carbocycles. The molecule has 45 heavy (non-hydrogen) atoms. The molecule has 1 aliphatic heterocycles. The Hall–Kier alpha value is -3.91. The van der Waals surface area contributed by atoms with Gasteiger partial charge in [0.1, 0.15) is 23.1 Å². The molecule has 4 aromatic rings. The number of hydrogen-bond acceptors (Lipinski definition) is 5. The fourth-order valence-corrected chi connectivity index (χ4v) is 5.69. The number of nitrogens with one attached hydrogen (secondary N) is 2. The maximum absolute atomic E-state index is 15.2. The first-order chi connectivity index (χ1) is 21.6. The summed E-state index contributed by atoms with van der Waals surface area (Å²) >= 11 is 0. The standard InChI is InChI=1S/C35H40F3N5.C2H6/c1-5-35(3,4)25-16-29(37)33(30(38)17-25)34-28(36)12-11-26(42-34)19-41-31-20-39-14-13-32(31)43-21-23(2)15-27(22-43)40-18-24-9-7-6-8-10-24;1-2/h6-14,16-17,20,23,27,40-41H,5,15,18-19,21-22H2,1-4H3;1-2H3. The fourth-order valence-electron chi connectivity index (χ4n) is 5.69. The summed E-state index contributed by atoms with van der Waals surface area (Å²) in [6, 6.07) is 18.0. The quantitative estimate of drug-likeness (QED) is 0.186. The van der Waals surface area contributed by atoms with Crippen molar-refractivity contribution in [3.05, 3.63) is 107 Å². The van der Waals surface area contributed by atoms with E-state index in [0.29, 0.717) is 29.6 Å². The third kappa shape index (κ3) is 8.42. The zero-order valence-corrected chi connectivity index (χ0v) is 27.3. The third-order valence-corrected chi connectivity index (χ3v) is 8.54. The van der Waals surface area contributed by atoms with E-state index >= 15 is 8.78 Å². The molecule has 3 heterocycles. The number of benzene rings is 2. The molecule has 0 spiro atoms. The normalized spacial score (nSPS) is 16.6. The van der Waals surface area contributed by atoms with Gasteiger partial charge in [0.2, 0.25) is 0 Å². The predicted octanol–water partition coefficient (Wildman–Crippen LogP) is 8.89. The van der Waals surface area contributed by atoms with Crippen LogP contribution >= 0.6 is 0 Å². The molecule has 0 aliphatic carbocycles. The molecule has 2 unspecified atom stereocenters. The van der Waals surface area contributed by atoms with Gasteiger partial charge in [-0.1, -0.05) is 71.9 Å². The summed E-state index contributed by atoms with van der Waals surface area (Å²) in [7, 11) is 0. The number of piperidine rings is 1. The van der Waals surface area contributed by atoms with Crippen LogP contribution in [0, 0.1) is 23.4 Å². The van der Waals surface area contributed by atoms with Gasteiger partial charge in [0.25, 0.3) is 0 Å².